The third-order valence-corrected chi connectivity index (χ3v) is 7.62. The van der Waals surface area contributed by atoms with Crippen LogP contribution in [0.1, 0.15) is 36.0 Å². The fourth-order valence-corrected chi connectivity index (χ4v) is 5.40. The van der Waals surface area contributed by atoms with E-state index in [1.807, 2.05) is 43.3 Å². The summed E-state index contributed by atoms with van der Waals surface area (Å²) in [5, 5.41) is 9.33. The summed E-state index contributed by atoms with van der Waals surface area (Å²) in [5.74, 6) is 0.865. The molecule has 1 aliphatic heterocycles. The first-order valence-electron chi connectivity index (χ1n) is 12.3. The number of nitrogens with zero attached hydrogens (tertiary/aromatic N) is 3. The molecule has 0 saturated heterocycles. The summed E-state index contributed by atoms with van der Waals surface area (Å²) in [6, 6.07) is 13.9. The predicted octanol–water partition coefficient (Wildman–Crippen LogP) is 6.75. The summed E-state index contributed by atoms with van der Waals surface area (Å²) >= 11 is 7.03. The highest BCUT2D eigenvalue weighted by Crippen LogP contribution is 2.43. The number of ether oxygens (including phenoxy) is 1. The largest absolute Gasteiger partial charge is 0.481 e. The molecule has 0 bridgehead atoms. The molecule has 0 spiro atoms. The molecule has 37 heavy (non-hydrogen) atoms. The van der Waals surface area contributed by atoms with Crippen LogP contribution in [0, 0.1) is 6.92 Å². The molecule has 3 aromatic rings. The van der Waals surface area contributed by atoms with E-state index in [0.717, 1.165) is 40.8 Å². The Morgan fingerprint density at radius 1 is 1.19 bits per heavy atom. The van der Waals surface area contributed by atoms with Gasteiger partial charge in [-0.1, -0.05) is 55.4 Å². The van der Waals surface area contributed by atoms with Gasteiger partial charge in [-0.25, -0.2) is 4.98 Å². The lowest BCUT2D eigenvalue weighted by atomic mass is 9.95. The number of anilines is 1. The summed E-state index contributed by atoms with van der Waals surface area (Å²) in [6.45, 7) is 8.15. The molecule has 2 aromatic carbocycles. The topological polar surface area (TPSA) is 66.8 Å². The Labute approximate surface area is 222 Å². The van der Waals surface area contributed by atoms with Gasteiger partial charge in [0.1, 0.15) is 0 Å². The van der Waals surface area contributed by atoms with Crippen LogP contribution in [0.4, 0.5) is 5.69 Å². The Morgan fingerprint density at radius 2 is 1.92 bits per heavy atom. The molecule has 6 nitrogen and oxygen atoms in total. The third-order valence-electron chi connectivity index (χ3n) is 7.22. The number of rotatable bonds is 5. The van der Waals surface area contributed by atoms with Crippen LogP contribution in [0.2, 0.25) is 5.02 Å². The highest BCUT2D eigenvalue weighted by atomic mass is 35.5. The standard InChI is InChI=1S/C30H29ClN4O2/c1-17-12-13-20-16-26(34-30(37-5)27(17)20)24-10-6-9-23(28(24)31)21-8-7-11-25(18(21)2)33-29(36)22-14-15-32-35(4)19(22)3/h6-11,14-17H,3,12-13H2,1-2,4-5H3,(H,33,36). The SMILES string of the molecule is C=C1C(C(=O)Nc2cccc(-c3cccc(-c4cc5c(c(OC)n4)C(C)CC5)c3Cl)c2C)=CC=NN1C. The van der Waals surface area contributed by atoms with Crippen molar-refractivity contribution in [1.29, 1.82) is 0 Å². The number of aromatic nitrogens is 1. The summed E-state index contributed by atoms with van der Waals surface area (Å²) < 4.78 is 5.66. The average Bonchev–Trinajstić information content (AvgIpc) is 3.27. The summed E-state index contributed by atoms with van der Waals surface area (Å²) in [4.78, 5) is 17.9. The lowest BCUT2D eigenvalue weighted by molar-refractivity contribution is -0.112. The number of aryl methyl sites for hydroxylation is 1. The van der Waals surface area contributed by atoms with Gasteiger partial charge < -0.3 is 10.1 Å². The quantitative estimate of drug-likeness (QED) is 0.411. The van der Waals surface area contributed by atoms with Gasteiger partial charge in [0.25, 0.3) is 5.91 Å². The number of pyridine rings is 1. The van der Waals surface area contributed by atoms with Crippen molar-refractivity contribution in [3.8, 4) is 28.3 Å². The van der Waals surface area contributed by atoms with Gasteiger partial charge in [-0.2, -0.15) is 5.10 Å². The van der Waals surface area contributed by atoms with Crippen LogP contribution in [0.25, 0.3) is 22.4 Å². The Bertz CT molecular complexity index is 1490. The maximum absolute atomic E-state index is 13.0. The number of benzene rings is 2. The minimum absolute atomic E-state index is 0.244. The minimum Gasteiger partial charge on any atom is -0.481 e. The van der Waals surface area contributed by atoms with E-state index in [2.05, 4.69) is 30.0 Å². The van der Waals surface area contributed by atoms with E-state index in [9.17, 15) is 4.79 Å². The minimum atomic E-state index is -0.244. The second kappa shape index (κ2) is 9.87. The smallest absolute Gasteiger partial charge is 0.257 e. The molecule has 0 radical (unpaired) electrons. The molecule has 2 aliphatic rings. The van der Waals surface area contributed by atoms with Gasteiger partial charge in [0.2, 0.25) is 5.88 Å². The van der Waals surface area contributed by atoms with Crippen LogP contribution in [-0.2, 0) is 11.2 Å². The molecule has 0 saturated carbocycles. The molecule has 188 valence electrons. The number of nitrogens with one attached hydrogen (secondary N) is 1. The number of hydrogen-bond donors (Lipinski definition) is 1. The number of fused-ring (bicyclic) bond motifs is 1. The van der Waals surface area contributed by atoms with Crippen molar-refractivity contribution in [2.24, 2.45) is 5.10 Å². The number of hydrazone groups is 1. The maximum Gasteiger partial charge on any atom is 0.257 e. The van der Waals surface area contributed by atoms with Crippen molar-refractivity contribution >= 4 is 29.4 Å². The zero-order valence-corrected chi connectivity index (χ0v) is 22.2. The Balaban J connectivity index is 1.51. The Kier molecular flexibility index (Phi) is 6.61. The number of amides is 1. The lowest BCUT2D eigenvalue weighted by Gasteiger charge is -2.21. The van der Waals surface area contributed by atoms with E-state index in [0.29, 0.717) is 33.8 Å². The first kappa shape index (κ1) is 24.8. The van der Waals surface area contributed by atoms with Crippen LogP contribution < -0.4 is 10.1 Å². The first-order valence-corrected chi connectivity index (χ1v) is 12.6. The number of halogens is 1. The number of hydrogen-bond acceptors (Lipinski definition) is 5. The highest BCUT2D eigenvalue weighted by Gasteiger charge is 2.26. The van der Waals surface area contributed by atoms with Crippen molar-refractivity contribution in [2.75, 3.05) is 19.5 Å². The lowest BCUT2D eigenvalue weighted by Crippen LogP contribution is -2.24. The van der Waals surface area contributed by atoms with Crippen molar-refractivity contribution < 1.29 is 9.53 Å². The van der Waals surface area contributed by atoms with Gasteiger partial charge in [0.05, 0.1) is 29.1 Å². The number of carbonyl (C=O) groups excluding carboxylic acids is 1. The summed E-state index contributed by atoms with van der Waals surface area (Å²) in [6.07, 6.45) is 5.34. The molecule has 1 aromatic heterocycles. The zero-order chi connectivity index (χ0) is 26.3. The number of methoxy groups -OCH3 is 1. The van der Waals surface area contributed by atoms with E-state index in [4.69, 9.17) is 21.3 Å². The van der Waals surface area contributed by atoms with Gasteiger partial charge in [-0.05, 0) is 60.6 Å². The monoisotopic (exact) mass is 512 g/mol. The van der Waals surface area contributed by atoms with Crippen LogP contribution in [0.5, 0.6) is 5.88 Å². The molecule has 7 heteroatoms. The highest BCUT2D eigenvalue weighted by molar-refractivity contribution is 6.36. The number of carbonyl (C=O) groups is 1. The van der Waals surface area contributed by atoms with Crippen LogP contribution >= 0.6 is 11.6 Å². The molecule has 0 fully saturated rings. The molecule has 1 atom stereocenters. The van der Waals surface area contributed by atoms with E-state index < -0.39 is 0 Å². The van der Waals surface area contributed by atoms with E-state index in [1.54, 1.807) is 31.5 Å². The van der Waals surface area contributed by atoms with Gasteiger partial charge >= 0.3 is 0 Å². The van der Waals surface area contributed by atoms with Crippen LogP contribution in [-0.4, -0.2) is 36.3 Å². The van der Waals surface area contributed by atoms with Gasteiger partial charge in [-0.15, -0.1) is 0 Å². The average molecular weight is 513 g/mol. The van der Waals surface area contributed by atoms with E-state index in [-0.39, 0.29) is 5.91 Å². The number of likely N-dealkylation sites (N-methyl/N-ethyl adjacent to an activating group) is 1. The fourth-order valence-electron chi connectivity index (χ4n) is 5.07. The zero-order valence-electron chi connectivity index (χ0n) is 21.4. The summed E-state index contributed by atoms with van der Waals surface area (Å²) in [7, 11) is 3.42. The second-order valence-corrected chi connectivity index (χ2v) is 9.82. The molecule has 5 rings (SSSR count). The van der Waals surface area contributed by atoms with Crippen molar-refractivity contribution in [3.05, 3.63) is 88.1 Å². The van der Waals surface area contributed by atoms with Gasteiger partial charge in [0, 0.05) is 35.6 Å². The second-order valence-electron chi connectivity index (χ2n) is 9.44. The summed E-state index contributed by atoms with van der Waals surface area (Å²) in [5.41, 5.74) is 8.53. The van der Waals surface area contributed by atoms with Crippen LogP contribution in [0.15, 0.2) is 71.5 Å². The predicted molar refractivity (Wildman–Crippen MR) is 150 cm³/mol. The molecule has 1 aliphatic carbocycles. The van der Waals surface area contributed by atoms with Crippen molar-refractivity contribution in [3.63, 3.8) is 0 Å². The third kappa shape index (κ3) is 4.42. The van der Waals surface area contributed by atoms with Crippen molar-refractivity contribution in [2.45, 2.75) is 32.6 Å². The Morgan fingerprint density at radius 3 is 2.70 bits per heavy atom. The van der Waals surface area contributed by atoms with Gasteiger partial charge in [-0.3, -0.25) is 9.80 Å². The van der Waals surface area contributed by atoms with E-state index >= 15 is 0 Å². The maximum atomic E-state index is 13.0. The van der Waals surface area contributed by atoms with Crippen molar-refractivity contribution in [1.82, 2.24) is 9.99 Å². The van der Waals surface area contributed by atoms with E-state index in [1.165, 1.54) is 11.1 Å². The van der Waals surface area contributed by atoms with Gasteiger partial charge in [0.15, 0.2) is 0 Å². The molecular weight excluding hydrogens is 484 g/mol. The van der Waals surface area contributed by atoms with Crippen LogP contribution in [0.3, 0.4) is 0 Å². The fraction of sp³-hybridized carbons (Fsp3) is 0.233. The normalized spacial score (nSPS) is 16.5. The molecule has 2 heterocycles. The Hall–Kier alpha value is -3.90. The molecule has 1 N–H and O–H groups in total. The molecule has 1 unspecified atom stereocenters. The molecule has 1 amide bonds. The molecular formula is C30H29ClN4O2. The first-order chi connectivity index (χ1) is 17.8. The number of allylic oxidation sites excluding steroid dienone is 1.